The van der Waals surface area contributed by atoms with Gasteiger partial charge in [0.15, 0.2) is 10.1 Å². The molecular formula is C43H56N10O6S2. The number of likely N-dealkylation sites (N-methyl/N-ethyl adjacent to an activating group) is 1. The van der Waals surface area contributed by atoms with E-state index in [4.69, 9.17) is 0 Å². The van der Waals surface area contributed by atoms with Gasteiger partial charge in [0.1, 0.15) is 0 Å². The van der Waals surface area contributed by atoms with Crippen LogP contribution in [0.2, 0.25) is 0 Å². The number of amides is 4. The lowest BCUT2D eigenvalue weighted by atomic mass is 9.94. The van der Waals surface area contributed by atoms with Gasteiger partial charge in [-0.15, -0.1) is 0 Å². The molecule has 0 bridgehead atoms. The Morgan fingerprint density at radius 3 is 1.79 bits per heavy atom. The highest BCUT2D eigenvalue weighted by Crippen LogP contribution is 2.50. The number of urea groups is 2. The molecule has 4 N–H and O–H groups in total. The minimum absolute atomic E-state index is 0.184. The molecule has 61 heavy (non-hydrogen) atoms. The van der Waals surface area contributed by atoms with Crippen molar-refractivity contribution in [2.24, 2.45) is 14.1 Å². The fraction of sp³-hybridized carbons (Fsp3) is 0.535. The van der Waals surface area contributed by atoms with Gasteiger partial charge in [-0.05, 0) is 155 Å². The van der Waals surface area contributed by atoms with E-state index in [0.717, 1.165) is 135 Å². The summed E-state index contributed by atoms with van der Waals surface area (Å²) in [6, 6.07) is 6.04. The molecule has 2 aromatic carbocycles. The monoisotopic (exact) mass is 872 g/mol. The highest BCUT2D eigenvalue weighted by molar-refractivity contribution is 7.90. The minimum atomic E-state index is -4.23. The smallest absolute Gasteiger partial charge is 0.307 e. The Hall–Kier alpha value is -4.78. The predicted octanol–water partition coefficient (Wildman–Crippen LogP) is 4.40. The topological polar surface area (TPSA) is 193 Å². The number of aromatic nitrogens is 4. The van der Waals surface area contributed by atoms with Crippen LogP contribution in [-0.4, -0.2) is 92.5 Å². The lowest BCUT2D eigenvalue weighted by molar-refractivity contribution is 0.255. The second kappa shape index (κ2) is 15.5. The summed E-state index contributed by atoms with van der Waals surface area (Å²) in [6.45, 7) is 1.37. The van der Waals surface area contributed by atoms with Gasteiger partial charge < -0.3 is 15.5 Å². The van der Waals surface area contributed by atoms with E-state index in [1.165, 1.54) is 28.3 Å². The van der Waals surface area contributed by atoms with Crippen molar-refractivity contribution in [3.63, 3.8) is 0 Å². The number of carbonyl (C=O) groups excluding carboxylic acids is 2. The number of nitrogens with one attached hydrogen (secondary N) is 4. The number of carbonyl (C=O) groups is 2. The Labute approximate surface area is 357 Å². The summed E-state index contributed by atoms with van der Waals surface area (Å²) in [5, 5.41) is 14.0. The zero-order valence-corrected chi connectivity index (χ0v) is 37.3. The van der Waals surface area contributed by atoms with Gasteiger partial charge in [0.05, 0.1) is 11.2 Å². The molecule has 4 amide bonds. The molecule has 0 radical (unpaired) electrons. The van der Waals surface area contributed by atoms with Crippen molar-refractivity contribution >= 4 is 43.5 Å². The van der Waals surface area contributed by atoms with Crippen molar-refractivity contribution in [1.29, 1.82) is 0 Å². The van der Waals surface area contributed by atoms with E-state index in [1.807, 2.05) is 21.1 Å². The first-order valence-corrected chi connectivity index (χ1v) is 24.4. The maximum absolute atomic E-state index is 13.5. The summed E-state index contributed by atoms with van der Waals surface area (Å²) >= 11 is 0. The van der Waals surface area contributed by atoms with Gasteiger partial charge in [-0.3, -0.25) is 14.3 Å². The maximum atomic E-state index is 13.5. The van der Waals surface area contributed by atoms with Crippen LogP contribution in [0.25, 0.3) is 0 Å². The van der Waals surface area contributed by atoms with Crippen LogP contribution in [0.3, 0.4) is 0 Å². The number of hydrogen-bond acceptors (Lipinski definition) is 10. The summed E-state index contributed by atoms with van der Waals surface area (Å²) in [6.07, 6.45) is 12.4. The lowest BCUT2D eigenvalue weighted by Crippen LogP contribution is -2.35. The summed E-state index contributed by atoms with van der Waals surface area (Å²) in [7, 11) is 0.940. The molecule has 1 fully saturated rings. The fourth-order valence-corrected chi connectivity index (χ4v) is 12.3. The largest absolute Gasteiger partial charge is 0.333 e. The van der Waals surface area contributed by atoms with Crippen LogP contribution < -0.4 is 20.1 Å². The third kappa shape index (κ3) is 7.73. The molecule has 2 aromatic heterocycles. The maximum Gasteiger partial charge on any atom is 0.333 e. The number of nitrogens with zero attached hydrogens (tertiary/aromatic N) is 6. The average Bonchev–Trinajstić information content (AvgIpc) is 3.89. The predicted molar refractivity (Wildman–Crippen MR) is 231 cm³/mol. The van der Waals surface area contributed by atoms with Crippen molar-refractivity contribution in [2.75, 3.05) is 44.9 Å². The molecule has 4 aromatic rings. The summed E-state index contributed by atoms with van der Waals surface area (Å²) in [5.74, 6) is 0.189. The highest BCUT2D eigenvalue weighted by atomic mass is 32.2. The molecule has 18 heteroatoms. The fourth-order valence-electron chi connectivity index (χ4n) is 10.5. The number of sulfonamides is 2. The van der Waals surface area contributed by atoms with E-state index in [0.29, 0.717) is 13.0 Å². The van der Waals surface area contributed by atoms with Gasteiger partial charge in [0.2, 0.25) is 0 Å². The number of rotatable bonds is 13. The molecule has 16 nitrogen and oxygen atoms in total. The van der Waals surface area contributed by atoms with Crippen LogP contribution in [0, 0.1) is 0 Å². The van der Waals surface area contributed by atoms with Crippen molar-refractivity contribution < 1.29 is 26.4 Å². The number of fused-ring (bicyclic) bond motifs is 4. The van der Waals surface area contributed by atoms with E-state index in [1.54, 1.807) is 29.5 Å². The van der Waals surface area contributed by atoms with Crippen molar-refractivity contribution in [1.82, 2.24) is 38.8 Å². The second-order valence-corrected chi connectivity index (χ2v) is 21.2. The van der Waals surface area contributed by atoms with E-state index >= 15 is 0 Å². The molecule has 2 heterocycles. The first-order chi connectivity index (χ1) is 29.0. The van der Waals surface area contributed by atoms with Crippen LogP contribution in [0.5, 0.6) is 0 Å². The number of benzene rings is 2. The standard InChI is InChI=1S/C43H56N10O6S2/c1-50(2)43(18-19-43)36-24-38(47-53(36)5)61(58,59)49-42(55)45-40-33-14-8-11-28(33)22-35-29(15-16-34(35)40)25-51(3)20-17-30-23-37(46-52(30)4)60(56,57)48-41(54)44-39-31-12-6-9-26(31)21-27-10-7-13-32(27)39/h21-24,29H,6-20,25H2,1-5H3,(H2,44,48,54)(H2,45,49,55). The van der Waals surface area contributed by atoms with Crippen molar-refractivity contribution in [3.05, 3.63) is 80.2 Å². The number of hydrogen-bond donors (Lipinski definition) is 4. The van der Waals surface area contributed by atoms with Crippen LogP contribution in [0.4, 0.5) is 21.0 Å². The number of aryl methyl sites for hydroxylation is 5. The Balaban J connectivity index is 0.831. The van der Waals surface area contributed by atoms with E-state index < -0.39 is 32.1 Å². The highest BCUT2D eigenvalue weighted by Gasteiger charge is 2.49. The minimum Gasteiger partial charge on any atom is -0.307 e. The molecule has 0 aliphatic heterocycles. The molecule has 5 aliphatic carbocycles. The molecular weight excluding hydrogens is 817 g/mol. The molecule has 1 atom stereocenters. The van der Waals surface area contributed by atoms with E-state index in [-0.39, 0.29) is 21.5 Å². The SMILES string of the molecule is CN(CCc1cc(S(=O)(=O)NC(=O)Nc2c3c(cc4c2CCC4)CCC3)nn1C)CC1CCc2c1cc1c(c2NC(=O)NS(=O)(=O)c2cc(C3(N(C)C)CC3)n(C)n2)CCC1. The van der Waals surface area contributed by atoms with Gasteiger partial charge in [-0.2, -0.15) is 27.0 Å². The quantitative estimate of drug-likeness (QED) is 0.150. The second-order valence-electron chi connectivity index (χ2n) is 17.9. The zero-order valence-electron chi connectivity index (χ0n) is 35.6. The van der Waals surface area contributed by atoms with Crippen molar-refractivity contribution in [3.8, 4) is 0 Å². The van der Waals surface area contributed by atoms with Gasteiger partial charge in [-0.1, -0.05) is 12.1 Å². The molecule has 326 valence electrons. The van der Waals surface area contributed by atoms with E-state index in [9.17, 15) is 26.4 Å². The zero-order chi connectivity index (χ0) is 43.0. The lowest BCUT2D eigenvalue weighted by Gasteiger charge is -2.23. The van der Waals surface area contributed by atoms with Crippen LogP contribution in [0.1, 0.15) is 100 Å². The molecule has 5 aliphatic rings. The summed E-state index contributed by atoms with van der Waals surface area (Å²) in [4.78, 5) is 30.9. The molecule has 9 rings (SSSR count). The molecule has 1 saturated carbocycles. The first kappa shape index (κ1) is 41.6. The Kier molecular flexibility index (Phi) is 10.6. The first-order valence-electron chi connectivity index (χ1n) is 21.5. The summed E-state index contributed by atoms with van der Waals surface area (Å²) in [5.41, 5.74) is 12.0. The molecule has 0 saturated heterocycles. The van der Waals surface area contributed by atoms with Gasteiger partial charge >= 0.3 is 12.1 Å². The Bertz CT molecular complexity index is 2650. The van der Waals surface area contributed by atoms with Gasteiger partial charge in [-0.25, -0.2) is 19.0 Å². The Morgan fingerprint density at radius 2 is 1.23 bits per heavy atom. The molecule has 1 unspecified atom stereocenters. The Morgan fingerprint density at radius 1 is 0.705 bits per heavy atom. The van der Waals surface area contributed by atoms with Crippen LogP contribution in [0.15, 0.2) is 34.3 Å². The summed E-state index contributed by atoms with van der Waals surface area (Å²) < 4.78 is 61.3. The average molecular weight is 873 g/mol. The third-order valence-electron chi connectivity index (χ3n) is 13.8. The van der Waals surface area contributed by atoms with Crippen LogP contribution in [-0.2, 0) is 91.0 Å². The van der Waals surface area contributed by atoms with Crippen LogP contribution >= 0.6 is 0 Å². The van der Waals surface area contributed by atoms with Crippen molar-refractivity contribution in [2.45, 2.75) is 111 Å². The number of anilines is 2. The third-order valence-corrected chi connectivity index (χ3v) is 16.2. The van der Waals surface area contributed by atoms with Gasteiger partial charge in [0.25, 0.3) is 20.0 Å². The van der Waals surface area contributed by atoms with Gasteiger partial charge in [0, 0.05) is 62.8 Å². The normalized spacial score (nSPS) is 18.6. The van der Waals surface area contributed by atoms with E-state index in [2.05, 4.69) is 52.2 Å². The molecule has 0 spiro atoms.